The fraction of sp³-hybridized carbons (Fsp3) is 0.167. The van der Waals surface area contributed by atoms with Crippen LogP contribution in [0.3, 0.4) is 0 Å². The number of nitrogens with zero attached hydrogens (tertiary/aromatic N) is 1. The van der Waals surface area contributed by atoms with Gasteiger partial charge in [0, 0.05) is 5.02 Å². The molecule has 21 heavy (non-hydrogen) atoms. The molecule has 1 amide bonds. The van der Waals surface area contributed by atoms with Gasteiger partial charge < -0.3 is 5.73 Å². The molecule has 0 saturated carbocycles. The van der Waals surface area contributed by atoms with E-state index in [0.29, 0.717) is 16.3 Å². The van der Waals surface area contributed by atoms with E-state index in [0.717, 1.165) is 0 Å². The Hall–Kier alpha value is -2.06. The van der Waals surface area contributed by atoms with Gasteiger partial charge in [-0.3, -0.25) is 14.6 Å². The number of rotatable bonds is 4. The summed E-state index contributed by atoms with van der Waals surface area (Å²) in [5, 5.41) is 6.53. The molecule has 1 aromatic heterocycles. The van der Waals surface area contributed by atoms with Gasteiger partial charge in [0.2, 0.25) is 0 Å². The summed E-state index contributed by atoms with van der Waals surface area (Å²) < 4.78 is 27.2. The van der Waals surface area contributed by atoms with Crippen molar-refractivity contribution in [2.45, 2.75) is 18.7 Å². The molecule has 0 aliphatic carbocycles. The maximum absolute atomic E-state index is 12.4. The number of hydrogen-bond acceptors (Lipinski definition) is 4. The summed E-state index contributed by atoms with van der Waals surface area (Å²) in [5.41, 5.74) is 5.81. The quantitative estimate of drug-likeness (QED) is 0.789. The minimum Gasteiger partial charge on any atom is -0.364 e. The molecule has 9 heteroatoms. The molecule has 2 rings (SSSR count). The molecule has 2 aromatic rings. The van der Waals surface area contributed by atoms with Crippen molar-refractivity contribution in [2.24, 2.45) is 5.73 Å². The van der Waals surface area contributed by atoms with Gasteiger partial charge in [-0.25, -0.2) is 8.42 Å². The smallest absolute Gasteiger partial charge is 0.271 e. The molecule has 0 atom stereocenters. The van der Waals surface area contributed by atoms with Crippen LogP contribution in [-0.4, -0.2) is 24.5 Å². The monoisotopic (exact) mass is 328 g/mol. The van der Waals surface area contributed by atoms with Crippen LogP contribution in [0.15, 0.2) is 23.1 Å². The second-order valence-corrected chi connectivity index (χ2v) is 6.46. The van der Waals surface area contributed by atoms with Crippen LogP contribution < -0.4 is 10.5 Å². The van der Waals surface area contributed by atoms with Crippen molar-refractivity contribution < 1.29 is 13.2 Å². The minimum atomic E-state index is -3.92. The number of amides is 1. The number of nitrogens with two attached hydrogens (primary N) is 1. The SMILES string of the molecule is Cc1[nH]nc(C(N)=O)c1NS(=O)(=O)c1cccc(Cl)c1C. The number of anilines is 1. The van der Waals surface area contributed by atoms with Crippen LogP contribution in [0.5, 0.6) is 0 Å². The van der Waals surface area contributed by atoms with Gasteiger partial charge in [0.1, 0.15) is 5.69 Å². The van der Waals surface area contributed by atoms with E-state index in [1.807, 2.05) is 0 Å². The molecule has 112 valence electrons. The topological polar surface area (TPSA) is 118 Å². The van der Waals surface area contributed by atoms with Crippen molar-refractivity contribution in [3.8, 4) is 0 Å². The van der Waals surface area contributed by atoms with Crippen molar-refractivity contribution in [3.63, 3.8) is 0 Å². The van der Waals surface area contributed by atoms with Crippen LogP contribution in [0.25, 0.3) is 0 Å². The van der Waals surface area contributed by atoms with E-state index < -0.39 is 15.9 Å². The lowest BCUT2D eigenvalue weighted by atomic mass is 10.2. The van der Waals surface area contributed by atoms with E-state index in [1.54, 1.807) is 19.9 Å². The minimum absolute atomic E-state index is 0.0195. The fourth-order valence-electron chi connectivity index (χ4n) is 1.80. The maximum atomic E-state index is 12.4. The predicted molar refractivity (Wildman–Crippen MR) is 78.8 cm³/mol. The molecule has 0 unspecified atom stereocenters. The first-order valence-corrected chi connectivity index (χ1v) is 7.73. The summed E-state index contributed by atoms with van der Waals surface area (Å²) in [6, 6.07) is 4.54. The molecule has 0 aliphatic heterocycles. The number of halogens is 1. The molecule has 1 aromatic carbocycles. The molecule has 0 bridgehead atoms. The van der Waals surface area contributed by atoms with Crippen molar-refractivity contribution in [2.75, 3.05) is 4.72 Å². The molecule has 7 nitrogen and oxygen atoms in total. The second-order valence-electron chi connectivity index (χ2n) is 4.40. The van der Waals surface area contributed by atoms with Gasteiger partial charge in [0.15, 0.2) is 5.69 Å². The zero-order chi connectivity index (χ0) is 15.8. The Bertz CT molecular complexity index is 814. The highest BCUT2D eigenvalue weighted by molar-refractivity contribution is 7.92. The lowest BCUT2D eigenvalue weighted by Gasteiger charge is -2.11. The number of carbonyl (C=O) groups excluding carboxylic acids is 1. The third-order valence-electron chi connectivity index (χ3n) is 2.92. The van der Waals surface area contributed by atoms with Crippen LogP contribution in [0, 0.1) is 13.8 Å². The second kappa shape index (κ2) is 5.38. The lowest BCUT2D eigenvalue weighted by molar-refractivity contribution is 0.0996. The summed E-state index contributed by atoms with van der Waals surface area (Å²) in [7, 11) is -3.92. The van der Waals surface area contributed by atoms with Gasteiger partial charge in [-0.05, 0) is 31.5 Å². The van der Waals surface area contributed by atoms with E-state index in [1.165, 1.54) is 12.1 Å². The zero-order valence-corrected chi connectivity index (χ0v) is 12.8. The zero-order valence-electron chi connectivity index (χ0n) is 11.3. The molecule has 0 radical (unpaired) electrons. The number of sulfonamides is 1. The van der Waals surface area contributed by atoms with Gasteiger partial charge >= 0.3 is 0 Å². The number of nitrogens with one attached hydrogen (secondary N) is 2. The van der Waals surface area contributed by atoms with Crippen LogP contribution in [0.2, 0.25) is 5.02 Å². The molecule has 0 fully saturated rings. The number of hydrogen-bond donors (Lipinski definition) is 3. The summed E-state index contributed by atoms with van der Waals surface area (Å²) in [6.45, 7) is 3.16. The molecule has 0 aliphatic rings. The van der Waals surface area contributed by atoms with Crippen LogP contribution in [0.4, 0.5) is 5.69 Å². The first-order chi connectivity index (χ1) is 9.74. The van der Waals surface area contributed by atoms with Crippen molar-refractivity contribution in [1.82, 2.24) is 10.2 Å². The Labute approximate surface area is 126 Å². The van der Waals surface area contributed by atoms with E-state index in [2.05, 4.69) is 14.9 Å². The summed E-state index contributed by atoms with van der Waals surface area (Å²) >= 11 is 5.93. The van der Waals surface area contributed by atoms with Gasteiger partial charge in [-0.15, -0.1) is 0 Å². The highest BCUT2D eigenvalue weighted by Crippen LogP contribution is 2.26. The van der Waals surface area contributed by atoms with Crippen LogP contribution in [0.1, 0.15) is 21.7 Å². The largest absolute Gasteiger partial charge is 0.364 e. The Morgan fingerprint density at radius 2 is 2.05 bits per heavy atom. The summed E-state index contributed by atoms with van der Waals surface area (Å²) in [5.74, 6) is -0.833. The molecular formula is C12H13ClN4O3S. The molecule has 0 saturated heterocycles. The predicted octanol–water partition coefficient (Wildman–Crippen LogP) is 1.58. The number of aromatic nitrogens is 2. The summed E-state index contributed by atoms with van der Waals surface area (Å²) in [4.78, 5) is 11.3. The van der Waals surface area contributed by atoms with Crippen LogP contribution >= 0.6 is 11.6 Å². The Morgan fingerprint density at radius 3 is 2.67 bits per heavy atom. The standard InChI is InChI=1S/C12H13ClN4O3S/c1-6-8(13)4-3-5-9(6)21(19,20)17-10-7(2)15-16-11(10)12(14)18/h3-5,17H,1-2H3,(H2,14,18)(H,15,16). The number of carbonyl (C=O) groups is 1. The van der Waals surface area contributed by atoms with Crippen molar-refractivity contribution in [1.29, 1.82) is 0 Å². The molecule has 1 heterocycles. The van der Waals surface area contributed by atoms with Crippen molar-refractivity contribution >= 4 is 33.2 Å². The van der Waals surface area contributed by atoms with E-state index in [4.69, 9.17) is 17.3 Å². The molecular weight excluding hydrogens is 316 g/mol. The third kappa shape index (κ3) is 2.86. The number of H-pyrrole nitrogens is 1. The average molecular weight is 329 g/mol. The number of aryl methyl sites for hydroxylation is 1. The molecule has 4 N–H and O–H groups in total. The Morgan fingerprint density at radius 1 is 1.38 bits per heavy atom. The summed E-state index contributed by atoms with van der Waals surface area (Å²) in [6.07, 6.45) is 0. The molecule has 0 spiro atoms. The third-order valence-corrected chi connectivity index (χ3v) is 4.83. The average Bonchev–Trinajstić information content (AvgIpc) is 2.74. The van der Waals surface area contributed by atoms with Gasteiger partial charge in [-0.2, -0.15) is 5.10 Å². The highest BCUT2D eigenvalue weighted by Gasteiger charge is 2.23. The Kier molecular flexibility index (Phi) is 3.93. The van der Waals surface area contributed by atoms with Crippen LogP contribution in [-0.2, 0) is 10.0 Å². The van der Waals surface area contributed by atoms with E-state index in [-0.39, 0.29) is 16.3 Å². The highest BCUT2D eigenvalue weighted by atomic mass is 35.5. The van der Waals surface area contributed by atoms with E-state index >= 15 is 0 Å². The number of aromatic amines is 1. The normalized spacial score (nSPS) is 11.4. The lowest BCUT2D eigenvalue weighted by Crippen LogP contribution is -2.19. The maximum Gasteiger partial charge on any atom is 0.271 e. The van der Waals surface area contributed by atoms with E-state index in [9.17, 15) is 13.2 Å². The van der Waals surface area contributed by atoms with Crippen molar-refractivity contribution in [3.05, 3.63) is 40.2 Å². The first-order valence-electron chi connectivity index (χ1n) is 5.86. The first kappa shape index (κ1) is 15.3. The van der Waals surface area contributed by atoms with Gasteiger partial charge in [0.25, 0.3) is 15.9 Å². The van der Waals surface area contributed by atoms with Gasteiger partial charge in [0.05, 0.1) is 10.6 Å². The Balaban J connectivity index is 2.50. The number of benzene rings is 1. The number of primary amides is 1. The van der Waals surface area contributed by atoms with Gasteiger partial charge in [-0.1, -0.05) is 17.7 Å². The fourth-order valence-corrected chi connectivity index (χ4v) is 3.43.